The molecule has 0 amide bonds. The Morgan fingerprint density at radius 3 is 1.64 bits per heavy atom. The van der Waals surface area contributed by atoms with Crippen molar-refractivity contribution in [3.05, 3.63) is 99.8 Å². The molecule has 2 heterocycles. The molecule has 6 rings (SSSR count). The Bertz CT molecular complexity index is 1860. The average molecular weight is 473 g/mol. The van der Waals surface area contributed by atoms with Crippen molar-refractivity contribution in [2.24, 2.45) is 0 Å². The van der Waals surface area contributed by atoms with Crippen LogP contribution in [0.1, 0.15) is 22.8 Å². The molecule has 0 spiro atoms. The number of hydrogen-bond donors (Lipinski definition) is 0. The summed E-state index contributed by atoms with van der Waals surface area (Å²) in [5.74, 6) is -0.688. The van der Waals surface area contributed by atoms with Crippen LogP contribution >= 0.6 is 0 Å². The van der Waals surface area contributed by atoms with Gasteiger partial charge in [-0.25, -0.2) is 16.8 Å². The van der Waals surface area contributed by atoms with E-state index in [1.165, 1.54) is 6.07 Å². The third-order valence-corrected chi connectivity index (χ3v) is 10.1. The van der Waals surface area contributed by atoms with Gasteiger partial charge < -0.3 is 0 Å². The number of allylic oxidation sites excluding steroid dienone is 3. The first-order valence-corrected chi connectivity index (χ1v) is 13.2. The quantitative estimate of drug-likeness (QED) is 0.361. The predicted molar refractivity (Wildman–Crippen MR) is 127 cm³/mol. The number of rotatable bonds is 1. The van der Waals surface area contributed by atoms with Crippen LogP contribution in [0.4, 0.5) is 0 Å². The number of carbonyl (C=O) groups is 1. The maximum Gasteiger partial charge on any atom is 0.211 e. The largest absolute Gasteiger partial charge is 0.288 e. The van der Waals surface area contributed by atoms with Gasteiger partial charge in [-0.1, -0.05) is 48.5 Å². The number of benzene rings is 4. The smallest absolute Gasteiger partial charge is 0.211 e. The highest BCUT2D eigenvalue weighted by molar-refractivity contribution is 7.97. The molecular formula is C26H16O5S2. The van der Waals surface area contributed by atoms with Crippen LogP contribution in [-0.2, 0) is 19.7 Å². The van der Waals surface area contributed by atoms with Gasteiger partial charge in [0.25, 0.3) is 0 Å². The molecule has 0 saturated carbocycles. The Balaban J connectivity index is 1.58. The fourth-order valence-electron chi connectivity index (χ4n) is 4.63. The lowest BCUT2D eigenvalue weighted by molar-refractivity contribution is 0.104. The maximum atomic E-state index is 13.4. The van der Waals surface area contributed by atoms with Crippen LogP contribution in [0.3, 0.4) is 0 Å². The molecule has 0 aliphatic carbocycles. The highest BCUT2D eigenvalue weighted by Gasteiger charge is 2.42. The van der Waals surface area contributed by atoms with Crippen molar-refractivity contribution in [2.75, 3.05) is 0 Å². The lowest BCUT2D eigenvalue weighted by atomic mass is 10.0. The Morgan fingerprint density at radius 2 is 1.09 bits per heavy atom. The van der Waals surface area contributed by atoms with Gasteiger partial charge in [0.15, 0.2) is 0 Å². The third-order valence-electron chi connectivity index (χ3n) is 6.36. The van der Waals surface area contributed by atoms with E-state index in [1.54, 1.807) is 49.4 Å². The summed E-state index contributed by atoms with van der Waals surface area (Å²) < 4.78 is 53.4. The number of Topliss-reactive ketones (excluding diaryl/α,β-unsaturated/α-hetero) is 1. The normalized spacial score (nSPS) is 19.4. The van der Waals surface area contributed by atoms with Gasteiger partial charge in [-0.2, -0.15) is 0 Å². The molecule has 0 radical (unpaired) electrons. The minimum absolute atomic E-state index is 0.0665. The fraction of sp³-hybridized carbons (Fsp3) is 0.0385. The van der Waals surface area contributed by atoms with E-state index >= 15 is 0 Å². The lowest BCUT2D eigenvalue weighted by Crippen LogP contribution is -2.06. The zero-order chi connectivity index (χ0) is 23.1. The van der Waals surface area contributed by atoms with Crippen LogP contribution in [0.5, 0.6) is 0 Å². The second-order valence-electron chi connectivity index (χ2n) is 8.22. The van der Waals surface area contributed by atoms with Gasteiger partial charge in [-0.05, 0) is 69.9 Å². The zero-order valence-corrected chi connectivity index (χ0v) is 19.0. The van der Waals surface area contributed by atoms with Crippen molar-refractivity contribution in [3.63, 3.8) is 0 Å². The van der Waals surface area contributed by atoms with Crippen LogP contribution in [0.15, 0.2) is 98.5 Å². The van der Waals surface area contributed by atoms with E-state index in [0.29, 0.717) is 16.5 Å². The first kappa shape index (κ1) is 20.1. The number of fused-ring (bicyclic) bond motifs is 4. The van der Waals surface area contributed by atoms with Crippen molar-refractivity contribution in [2.45, 2.75) is 16.7 Å². The molecule has 33 heavy (non-hydrogen) atoms. The molecule has 0 aromatic heterocycles. The summed E-state index contributed by atoms with van der Waals surface area (Å²) in [6, 6.07) is 21.0. The van der Waals surface area contributed by atoms with E-state index in [-0.39, 0.29) is 20.3 Å². The summed E-state index contributed by atoms with van der Waals surface area (Å²) >= 11 is 0. The highest BCUT2D eigenvalue weighted by atomic mass is 32.2. The monoisotopic (exact) mass is 472 g/mol. The van der Waals surface area contributed by atoms with Gasteiger partial charge in [-0.15, -0.1) is 0 Å². The van der Waals surface area contributed by atoms with Crippen LogP contribution in [-0.4, -0.2) is 22.6 Å². The highest BCUT2D eigenvalue weighted by Crippen LogP contribution is 2.44. The molecule has 0 saturated heterocycles. The molecule has 7 heteroatoms. The molecule has 4 aromatic rings. The summed E-state index contributed by atoms with van der Waals surface area (Å²) in [6.45, 7) is 1.64. The van der Waals surface area contributed by atoms with Gasteiger partial charge in [-0.3, -0.25) is 4.79 Å². The molecule has 2 aliphatic rings. The van der Waals surface area contributed by atoms with Gasteiger partial charge in [0.05, 0.1) is 14.7 Å². The summed E-state index contributed by atoms with van der Waals surface area (Å²) in [5.41, 5.74) is 1.01. The van der Waals surface area contributed by atoms with Gasteiger partial charge in [0, 0.05) is 5.56 Å². The second-order valence-corrected chi connectivity index (χ2v) is 12.0. The Kier molecular flexibility index (Phi) is 3.95. The molecule has 4 aromatic carbocycles. The molecule has 0 fully saturated rings. The molecule has 0 N–H and O–H groups in total. The van der Waals surface area contributed by atoms with Gasteiger partial charge in [0.1, 0.15) is 4.91 Å². The van der Waals surface area contributed by atoms with E-state index in [9.17, 15) is 21.6 Å². The van der Waals surface area contributed by atoms with E-state index in [4.69, 9.17) is 0 Å². The molecule has 0 bridgehead atoms. The number of carbonyl (C=O) groups excluding carboxylic acids is 1. The van der Waals surface area contributed by atoms with Crippen molar-refractivity contribution in [1.82, 2.24) is 0 Å². The third kappa shape index (κ3) is 2.66. The Hall–Kier alpha value is -3.55. The Morgan fingerprint density at radius 1 is 0.636 bits per heavy atom. The maximum absolute atomic E-state index is 13.4. The molecule has 2 aliphatic heterocycles. The molecule has 5 nitrogen and oxygen atoms in total. The summed E-state index contributed by atoms with van der Waals surface area (Å²) in [7, 11) is -8.15. The van der Waals surface area contributed by atoms with Crippen LogP contribution in [0.2, 0.25) is 0 Å². The van der Waals surface area contributed by atoms with E-state index < -0.39 is 30.4 Å². The zero-order valence-electron chi connectivity index (χ0n) is 17.4. The minimum Gasteiger partial charge on any atom is -0.288 e. The topological polar surface area (TPSA) is 85.3 Å². The molecular weight excluding hydrogens is 456 g/mol. The molecule has 0 atom stereocenters. The molecule has 0 unspecified atom stereocenters. The van der Waals surface area contributed by atoms with Crippen LogP contribution in [0, 0.1) is 0 Å². The molecule has 162 valence electrons. The fourth-order valence-corrected chi connectivity index (χ4v) is 8.10. The second kappa shape index (κ2) is 6.50. The van der Waals surface area contributed by atoms with Crippen molar-refractivity contribution in [1.29, 1.82) is 0 Å². The van der Waals surface area contributed by atoms with Gasteiger partial charge >= 0.3 is 0 Å². The lowest BCUT2D eigenvalue weighted by Gasteiger charge is -2.04. The van der Waals surface area contributed by atoms with Crippen LogP contribution < -0.4 is 0 Å². The number of ketones is 1. The SMILES string of the molecule is CC1=C(/C=C2/C(=O)c3cc4ccccc4cc3S2(=O)=O)S(=O)(=O)c2cc3ccccc3cc21. The average Bonchev–Trinajstić information content (AvgIpc) is 3.10. The van der Waals surface area contributed by atoms with Gasteiger partial charge in [0.2, 0.25) is 25.5 Å². The van der Waals surface area contributed by atoms with E-state index in [2.05, 4.69) is 0 Å². The van der Waals surface area contributed by atoms with E-state index in [0.717, 1.165) is 22.2 Å². The van der Waals surface area contributed by atoms with Crippen molar-refractivity contribution >= 4 is 52.6 Å². The number of sulfone groups is 2. The van der Waals surface area contributed by atoms with Crippen molar-refractivity contribution in [3.8, 4) is 0 Å². The first-order valence-electron chi connectivity index (χ1n) is 10.2. The summed E-state index contributed by atoms with van der Waals surface area (Å²) in [5, 5.41) is 3.08. The number of hydrogen-bond acceptors (Lipinski definition) is 5. The summed E-state index contributed by atoms with van der Waals surface area (Å²) in [6.07, 6.45) is 1.04. The van der Waals surface area contributed by atoms with Crippen LogP contribution in [0.25, 0.3) is 27.1 Å². The standard InChI is InChI=1S/C26H16O5S2/c1-15-20-10-16-6-2-4-8-18(16)12-23(20)32(28,29)22(15)14-25-26(27)21-11-17-7-3-5-9-19(17)13-24(21)33(25,30)31/h2-14H,1H3/b25-14-. The van der Waals surface area contributed by atoms with E-state index in [1.807, 2.05) is 24.3 Å². The Labute approximate surface area is 190 Å². The van der Waals surface area contributed by atoms with Crippen molar-refractivity contribution < 1.29 is 21.6 Å². The minimum atomic E-state index is -4.16. The first-order chi connectivity index (χ1) is 15.7. The summed E-state index contributed by atoms with van der Waals surface area (Å²) in [4.78, 5) is 12.5. The predicted octanol–water partition coefficient (Wildman–Crippen LogP) is 5.07.